The number of phenols is 1. The number of amides is 1. The third-order valence-electron chi connectivity index (χ3n) is 4.61. The van der Waals surface area contributed by atoms with Gasteiger partial charge in [0.05, 0.1) is 10.2 Å². The van der Waals surface area contributed by atoms with Gasteiger partial charge in [-0.1, -0.05) is 6.07 Å². The molecule has 0 saturated heterocycles. The van der Waals surface area contributed by atoms with Gasteiger partial charge in [0, 0.05) is 17.8 Å². The fourth-order valence-electron chi connectivity index (χ4n) is 3.26. The average Bonchev–Trinajstić information content (AvgIpc) is 3.24. The lowest BCUT2D eigenvalue weighted by Crippen LogP contribution is -2.16. The molecule has 0 aliphatic carbocycles. The molecule has 0 aliphatic heterocycles. The fraction of sp³-hybridized carbons (Fsp3) is 0.105. The van der Waals surface area contributed by atoms with E-state index in [0.29, 0.717) is 22.5 Å². The molecule has 1 amide bonds. The van der Waals surface area contributed by atoms with Crippen LogP contribution in [0.4, 0.5) is 5.69 Å². The van der Waals surface area contributed by atoms with Crippen LogP contribution in [-0.4, -0.2) is 25.6 Å². The summed E-state index contributed by atoms with van der Waals surface area (Å²) in [6.45, 7) is 3.67. The lowest BCUT2D eigenvalue weighted by molar-refractivity contribution is 0.100. The Morgan fingerprint density at radius 2 is 2.07 bits per heavy atom. The van der Waals surface area contributed by atoms with Crippen LogP contribution in [0.25, 0.3) is 28.4 Å². The zero-order valence-corrected chi connectivity index (χ0v) is 16.6. The first-order chi connectivity index (χ1) is 13.3. The number of fused-ring (bicyclic) bond motifs is 1. The van der Waals surface area contributed by atoms with Crippen molar-refractivity contribution in [3.05, 3.63) is 51.8 Å². The molecule has 142 valence electrons. The molecule has 0 fully saturated rings. The molecule has 4 aromatic rings. The molecule has 8 nitrogen and oxygen atoms in total. The van der Waals surface area contributed by atoms with E-state index in [4.69, 9.17) is 15.9 Å². The number of nitrogens with two attached hydrogens (primary N) is 2. The minimum absolute atomic E-state index is 0.0593. The Labute approximate surface area is 167 Å². The van der Waals surface area contributed by atoms with Crippen LogP contribution in [0.3, 0.4) is 0 Å². The maximum Gasteiger partial charge on any atom is 0.254 e. The lowest BCUT2D eigenvalue weighted by Gasteiger charge is -2.15. The van der Waals surface area contributed by atoms with E-state index >= 15 is 0 Å². The highest BCUT2D eigenvalue weighted by atomic mass is 79.9. The summed E-state index contributed by atoms with van der Waals surface area (Å²) >= 11 is 3.31. The van der Waals surface area contributed by atoms with Crippen LogP contribution in [0.15, 0.2) is 39.5 Å². The van der Waals surface area contributed by atoms with E-state index in [1.165, 1.54) is 10.8 Å². The molecule has 4 rings (SSSR count). The van der Waals surface area contributed by atoms with Crippen molar-refractivity contribution >= 4 is 33.2 Å². The van der Waals surface area contributed by atoms with Crippen molar-refractivity contribution < 1.29 is 14.3 Å². The normalized spacial score (nSPS) is 11.2. The number of anilines is 1. The smallest absolute Gasteiger partial charge is 0.254 e. The molecular formula is C19H16BrN5O3. The van der Waals surface area contributed by atoms with E-state index in [2.05, 4.69) is 26.0 Å². The maximum absolute atomic E-state index is 12.2. The molecule has 5 N–H and O–H groups in total. The Morgan fingerprint density at radius 3 is 2.71 bits per heavy atom. The van der Waals surface area contributed by atoms with Crippen molar-refractivity contribution in [2.24, 2.45) is 5.73 Å². The van der Waals surface area contributed by atoms with Crippen LogP contribution >= 0.6 is 15.9 Å². The second-order valence-corrected chi connectivity index (χ2v) is 7.35. The molecule has 28 heavy (non-hydrogen) atoms. The van der Waals surface area contributed by atoms with Gasteiger partial charge in [0.1, 0.15) is 17.6 Å². The van der Waals surface area contributed by atoms with Crippen molar-refractivity contribution in [2.75, 3.05) is 5.73 Å². The van der Waals surface area contributed by atoms with Crippen LogP contribution < -0.4 is 11.5 Å². The highest BCUT2D eigenvalue weighted by Crippen LogP contribution is 2.38. The summed E-state index contributed by atoms with van der Waals surface area (Å²) in [6, 6.07) is 5.10. The van der Waals surface area contributed by atoms with Crippen molar-refractivity contribution in [3.8, 4) is 28.5 Å². The summed E-state index contributed by atoms with van der Waals surface area (Å²) in [5.74, 6) is 0.116. The SMILES string of the molecule is Cc1ccc(O)c(C)c1-c1cn2nc(-c3cc(Br)co3)nc2c(C(N)=O)c1N. The number of phenolic OH excluding ortho intramolecular Hbond substituents is 1. The first kappa shape index (κ1) is 18.1. The molecule has 0 radical (unpaired) electrons. The summed E-state index contributed by atoms with van der Waals surface area (Å²) in [7, 11) is 0. The molecule has 0 aliphatic rings. The van der Waals surface area contributed by atoms with Crippen molar-refractivity contribution in [1.82, 2.24) is 14.6 Å². The number of aryl methyl sites for hydroxylation is 1. The largest absolute Gasteiger partial charge is 0.508 e. The van der Waals surface area contributed by atoms with Crippen LogP contribution in [-0.2, 0) is 0 Å². The van der Waals surface area contributed by atoms with E-state index in [0.717, 1.165) is 10.0 Å². The molecule has 0 atom stereocenters. The summed E-state index contributed by atoms with van der Waals surface area (Å²) in [5, 5.41) is 14.6. The Balaban J connectivity index is 2.06. The number of hydrogen-bond donors (Lipinski definition) is 3. The number of rotatable bonds is 3. The summed E-state index contributed by atoms with van der Waals surface area (Å²) < 4.78 is 7.60. The Kier molecular flexibility index (Phi) is 4.11. The maximum atomic E-state index is 12.2. The molecule has 3 aromatic heterocycles. The lowest BCUT2D eigenvalue weighted by atomic mass is 9.93. The van der Waals surface area contributed by atoms with Crippen LogP contribution in [0.2, 0.25) is 0 Å². The summed E-state index contributed by atoms with van der Waals surface area (Å²) in [6.07, 6.45) is 3.18. The number of carbonyl (C=O) groups is 1. The van der Waals surface area contributed by atoms with Gasteiger partial charge < -0.3 is 21.0 Å². The second kappa shape index (κ2) is 6.38. The van der Waals surface area contributed by atoms with Gasteiger partial charge in [-0.15, -0.1) is 5.10 Å². The Morgan fingerprint density at radius 1 is 1.32 bits per heavy atom. The van der Waals surface area contributed by atoms with E-state index in [1.54, 1.807) is 31.3 Å². The molecule has 0 unspecified atom stereocenters. The van der Waals surface area contributed by atoms with Crippen LogP contribution in [0.1, 0.15) is 21.5 Å². The van der Waals surface area contributed by atoms with E-state index in [1.807, 2.05) is 6.92 Å². The molecule has 1 aromatic carbocycles. The predicted molar refractivity (Wildman–Crippen MR) is 108 cm³/mol. The molecular weight excluding hydrogens is 426 g/mol. The topological polar surface area (TPSA) is 133 Å². The minimum Gasteiger partial charge on any atom is -0.508 e. The monoisotopic (exact) mass is 441 g/mol. The first-order valence-corrected chi connectivity index (χ1v) is 9.09. The second-order valence-electron chi connectivity index (χ2n) is 6.43. The van der Waals surface area contributed by atoms with Gasteiger partial charge in [0.2, 0.25) is 5.82 Å². The molecule has 9 heteroatoms. The van der Waals surface area contributed by atoms with E-state index < -0.39 is 5.91 Å². The van der Waals surface area contributed by atoms with Gasteiger partial charge in [0.25, 0.3) is 5.91 Å². The van der Waals surface area contributed by atoms with Crippen molar-refractivity contribution in [2.45, 2.75) is 13.8 Å². The Hall–Kier alpha value is -3.33. The number of benzene rings is 1. The van der Waals surface area contributed by atoms with Gasteiger partial charge in [-0.05, 0) is 52.5 Å². The number of aromatic hydroxyl groups is 1. The number of pyridine rings is 1. The average molecular weight is 442 g/mol. The number of carbonyl (C=O) groups excluding carboxylic acids is 1. The standard InChI is InChI=1S/C19H16BrN5O3/c1-8-3-4-12(26)9(2)14(8)11-6-25-19(15(16(11)21)17(22)27)23-18(24-25)13-5-10(20)7-28-13/h3-7,26H,21H2,1-2H3,(H2,22,27). The summed E-state index contributed by atoms with van der Waals surface area (Å²) in [4.78, 5) is 16.6. The number of nitrogens with zero attached hydrogens (tertiary/aromatic N) is 3. The first-order valence-electron chi connectivity index (χ1n) is 8.30. The van der Waals surface area contributed by atoms with Gasteiger partial charge in [-0.3, -0.25) is 4.79 Å². The van der Waals surface area contributed by atoms with Crippen LogP contribution in [0, 0.1) is 13.8 Å². The van der Waals surface area contributed by atoms with Crippen molar-refractivity contribution in [3.63, 3.8) is 0 Å². The number of halogens is 1. The fourth-order valence-corrected chi connectivity index (χ4v) is 3.56. The number of aromatic nitrogens is 3. The number of hydrogen-bond acceptors (Lipinski definition) is 6. The summed E-state index contributed by atoms with van der Waals surface area (Å²) in [5.41, 5.74) is 15.2. The number of nitrogen functional groups attached to an aromatic ring is 1. The quantitative estimate of drug-likeness (QED) is 0.445. The molecule has 0 spiro atoms. The minimum atomic E-state index is -0.723. The van der Waals surface area contributed by atoms with Gasteiger partial charge >= 0.3 is 0 Å². The van der Waals surface area contributed by atoms with Gasteiger partial charge in [-0.25, -0.2) is 9.50 Å². The zero-order valence-electron chi connectivity index (χ0n) is 15.0. The predicted octanol–water partition coefficient (Wildman–Crippen LogP) is 3.42. The molecule has 0 saturated carbocycles. The highest BCUT2D eigenvalue weighted by molar-refractivity contribution is 9.10. The number of primary amides is 1. The Bertz CT molecular complexity index is 1260. The zero-order chi connectivity index (χ0) is 20.2. The van der Waals surface area contributed by atoms with E-state index in [9.17, 15) is 9.90 Å². The third kappa shape index (κ3) is 2.71. The van der Waals surface area contributed by atoms with Gasteiger partial charge in [0.15, 0.2) is 11.4 Å². The third-order valence-corrected chi connectivity index (χ3v) is 5.03. The molecule has 3 heterocycles. The molecule has 0 bridgehead atoms. The number of furan rings is 1. The highest BCUT2D eigenvalue weighted by Gasteiger charge is 2.23. The van der Waals surface area contributed by atoms with Crippen molar-refractivity contribution in [1.29, 1.82) is 0 Å². The van der Waals surface area contributed by atoms with E-state index in [-0.39, 0.29) is 28.5 Å². The van der Waals surface area contributed by atoms with Gasteiger partial charge in [-0.2, -0.15) is 0 Å². The van der Waals surface area contributed by atoms with Crippen LogP contribution in [0.5, 0.6) is 5.75 Å².